The molecule has 114 valence electrons. The minimum atomic E-state index is 0.407. The standard InChI is InChI=1S/C16H10Cl2N4O/c1-23-16-19-13-5-3-2-4-10(13)15-21-20-14(22(15)16)9-6-7-11(17)12(18)8-9/h2-8H,1H3. The van der Waals surface area contributed by atoms with Crippen LogP contribution in [0.4, 0.5) is 0 Å². The third kappa shape index (κ3) is 2.20. The molecule has 0 saturated carbocycles. The quantitative estimate of drug-likeness (QED) is 0.545. The number of rotatable bonds is 2. The smallest absolute Gasteiger partial charge is 0.304 e. The van der Waals surface area contributed by atoms with E-state index in [1.807, 2.05) is 30.3 Å². The Balaban J connectivity index is 2.08. The minimum Gasteiger partial charge on any atom is -0.468 e. The number of ether oxygens (including phenoxy) is 1. The molecule has 0 aliphatic carbocycles. The van der Waals surface area contributed by atoms with Crippen molar-refractivity contribution in [2.75, 3.05) is 7.11 Å². The third-order valence-corrected chi connectivity index (χ3v) is 4.31. The van der Waals surface area contributed by atoms with Crippen molar-refractivity contribution < 1.29 is 4.74 Å². The zero-order chi connectivity index (χ0) is 16.0. The van der Waals surface area contributed by atoms with E-state index in [0.717, 1.165) is 16.5 Å². The molecule has 0 unspecified atom stereocenters. The molecule has 0 radical (unpaired) electrons. The summed E-state index contributed by atoms with van der Waals surface area (Å²) in [5.74, 6) is 0.591. The van der Waals surface area contributed by atoms with Crippen molar-refractivity contribution in [1.29, 1.82) is 0 Å². The summed E-state index contributed by atoms with van der Waals surface area (Å²) in [4.78, 5) is 4.52. The number of nitrogens with zero attached hydrogens (tertiary/aromatic N) is 4. The van der Waals surface area contributed by atoms with Crippen LogP contribution in [-0.2, 0) is 0 Å². The predicted molar refractivity (Wildman–Crippen MR) is 90.3 cm³/mol. The number of benzene rings is 2. The number of hydrogen-bond acceptors (Lipinski definition) is 4. The van der Waals surface area contributed by atoms with E-state index in [1.165, 1.54) is 0 Å². The van der Waals surface area contributed by atoms with E-state index in [9.17, 15) is 0 Å². The summed E-state index contributed by atoms with van der Waals surface area (Å²) in [5, 5.41) is 10.4. The Kier molecular flexibility index (Phi) is 3.32. The van der Waals surface area contributed by atoms with Crippen LogP contribution in [0.3, 0.4) is 0 Å². The minimum absolute atomic E-state index is 0.407. The van der Waals surface area contributed by atoms with Gasteiger partial charge in [0.2, 0.25) is 0 Å². The Labute approximate surface area is 141 Å². The van der Waals surface area contributed by atoms with Gasteiger partial charge in [-0.2, -0.15) is 4.98 Å². The number of halogens is 2. The van der Waals surface area contributed by atoms with Gasteiger partial charge in [0.1, 0.15) is 0 Å². The summed E-state index contributed by atoms with van der Waals surface area (Å²) < 4.78 is 7.19. The van der Waals surface area contributed by atoms with E-state index in [-0.39, 0.29) is 0 Å². The summed E-state index contributed by atoms with van der Waals surface area (Å²) >= 11 is 12.1. The van der Waals surface area contributed by atoms with Gasteiger partial charge < -0.3 is 4.74 Å². The topological polar surface area (TPSA) is 52.3 Å². The SMILES string of the molecule is COc1nc2ccccc2c2nnc(-c3ccc(Cl)c(Cl)c3)n12. The Morgan fingerprint density at radius 1 is 1.00 bits per heavy atom. The number of fused-ring (bicyclic) bond motifs is 3. The van der Waals surface area contributed by atoms with Gasteiger partial charge in [-0.05, 0) is 30.3 Å². The molecular formula is C16H10Cl2N4O. The summed E-state index contributed by atoms with van der Waals surface area (Å²) in [6.07, 6.45) is 0. The number of methoxy groups -OCH3 is 1. The maximum atomic E-state index is 6.11. The highest BCUT2D eigenvalue weighted by Crippen LogP contribution is 2.31. The van der Waals surface area contributed by atoms with Gasteiger partial charge in [0.25, 0.3) is 0 Å². The van der Waals surface area contributed by atoms with Crippen molar-refractivity contribution in [1.82, 2.24) is 19.6 Å². The molecule has 2 heterocycles. The molecule has 2 aromatic carbocycles. The molecule has 4 rings (SSSR count). The van der Waals surface area contributed by atoms with Gasteiger partial charge in [-0.1, -0.05) is 35.3 Å². The first-order valence-electron chi connectivity index (χ1n) is 6.82. The molecular weight excluding hydrogens is 335 g/mol. The van der Waals surface area contributed by atoms with Gasteiger partial charge in [-0.25, -0.2) is 4.40 Å². The molecule has 23 heavy (non-hydrogen) atoms. The maximum absolute atomic E-state index is 6.11. The van der Waals surface area contributed by atoms with E-state index in [4.69, 9.17) is 27.9 Å². The van der Waals surface area contributed by atoms with Crippen LogP contribution in [0.2, 0.25) is 10.0 Å². The van der Waals surface area contributed by atoms with E-state index < -0.39 is 0 Å². The number of aromatic nitrogens is 4. The molecule has 0 atom stereocenters. The molecule has 5 nitrogen and oxygen atoms in total. The van der Waals surface area contributed by atoms with Crippen LogP contribution >= 0.6 is 23.2 Å². The molecule has 0 fully saturated rings. The Morgan fingerprint density at radius 2 is 1.83 bits per heavy atom. The monoisotopic (exact) mass is 344 g/mol. The molecule has 0 amide bonds. The van der Waals surface area contributed by atoms with E-state index in [1.54, 1.807) is 23.6 Å². The molecule has 0 aliphatic rings. The van der Waals surface area contributed by atoms with Crippen LogP contribution < -0.4 is 4.74 Å². The molecule has 4 aromatic rings. The predicted octanol–water partition coefficient (Wildman–Crippen LogP) is 4.26. The zero-order valence-corrected chi connectivity index (χ0v) is 13.5. The van der Waals surface area contributed by atoms with Crippen LogP contribution in [0.15, 0.2) is 42.5 Å². The molecule has 0 saturated heterocycles. The van der Waals surface area contributed by atoms with Crippen molar-refractivity contribution in [3.63, 3.8) is 0 Å². The fourth-order valence-electron chi connectivity index (χ4n) is 2.51. The highest BCUT2D eigenvalue weighted by molar-refractivity contribution is 6.42. The lowest BCUT2D eigenvalue weighted by molar-refractivity contribution is 0.376. The lowest BCUT2D eigenvalue weighted by atomic mass is 10.2. The van der Waals surface area contributed by atoms with E-state index in [2.05, 4.69) is 15.2 Å². The normalized spacial score (nSPS) is 11.3. The van der Waals surface area contributed by atoms with E-state index in [0.29, 0.717) is 27.5 Å². The summed E-state index contributed by atoms with van der Waals surface area (Å²) in [6.45, 7) is 0. The first-order valence-corrected chi connectivity index (χ1v) is 7.58. The van der Waals surface area contributed by atoms with Crippen LogP contribution in [0.25, 0.3) is 27.9 Å². The van der Waals surface area contributed by atoms with Crippen LogP contribution in [0.1, 0.15) is 0 Å². The lowest BCUT2D eigenvalue weighted by Gasteiger charge is -2.08. The largest absolute Gasteiger partial charge is 0.468 e. The lowest BCUT2D eigenvalue weighted by Crippen LogP contribution is -2.00. The second kappa shape index (κ2) is 5.37. The summed E-state index contributed by atoms with van der Waals surface area (Å²) in [5.41, 5.74) is 2.25. The fraction of sp³-hybridized carbons (Fsp3) is 0.0625. The van der Waals surface area contributed by atoms with E-state index >= 15 is 0 Å². The summed E-state index contributed by atoms with van der Waals surface area (Å²) in [7, 11) is 1.56. The van der Waals surface area contributed by atoms with Gasteiger partial charge >= 0.3 is 6.01 Å². The van der Waals surface area contributed by atoms with Gasteiger partial charge in [0.15, 0.2) is 11.5 Å². The number of para-hydroxylation sites is 1. The highest BCUT2D eigenvalue weighted by atomic mass is 35.5. The molecule has 0 spiro atoms. The summed E-state index contributed by atoms with van der Waals surface area (Å²) in [6, 6.07) is 13.4. The third-order valence-electron chi connectivity index (χ3n) is 3.58. The Morgan fingerprint density at radius 3 is 2.61 bits per heavy atom. The molecule has 0 aliphatic heterocycles. The van der Waals surface area contributed by atoms with Gasteiger partial charge in [0, 0.05) is 10.9 Å². The second-order valence-corrected chi connectivity index (χ2v) is 5.74. The first kappa shape index (κ1) is 14.2. The molecule has 7 heteroatoms. The first-order chi connectivity index (χ1) is 11.2. The fourth-order valence-corrected chi connectivity index (χ4v) is 2.81. The maximum Gasteiger partial charge on any atom is 0.304 e. The van der Waals surface area contributed by atoms with Crippen molar-refractivity contribution in [3.05, 3.63) is 52.5 Å². The average Bonchev–Trinajstić information content (AvgIpc) is 3.02. The number of hydrogen-bond donors (Lipinski definition) is 0. The van der Waals surface area contributed by atoms with Crippen molar-refractivity contribution >= 4 is 39.8 Å². The van der Waals surface area contributed by atoms with Crippen LogP contribution in [0, 0.1) is 0 Å². The van der Waals surface area contributed by atoms with Gasteiger partial charge in [-0.15, -0.1) is 10.2 Å². The zero-order valence-electron chi connectivity index (χ0n) is 12.0. The van der Waals surface area contributed by atoms with Crippen LogP contribution in [-0.4, -0.2) is 26.7 Å². The van der Waals surface area contributed by atoms with Crippen molar-refractivity contribution in [2.45, 2.75) is 0 Å². The molecule has 2 aromatic heterocycles. The van der Waals surface area contributed by atoms with Gasteiger partial charge in [0.05, 0.1) is 22.7 Å². The highest BCUT2D eigenvalue weighted by Gasteiger charge is 2.17. The van der Waals surface area contributed by atoms with Gasteiger partial charge in [-0.3, -0.25) is 0 Å². The second-order valence-electron chi connectivity index (χ2n) is 4.93. The van der Waals surface area contributed by atoms with Crippen molar-refractivity contribution in [3.8, 4) is 17.4 Å². The van der Waals surface area contributed by atoms with Crippen molar-refractivity contribution in [2.24, 2.45) is 0 Å². The molecule has 0 N–H and O–H groups in total. The average molecular weight is 345 g/mol. The molecule has 0 bridgehead atoms. The Bertz CT molecular complexity index is 1050. The van der Waals surface area contributed by atoms with Crippen LogP contribution in [0.5, 0.6) is 6.01 Å². The Hall–Kier alpha value is -2.37.